The zero-order valence-corrected chi connectivity index (χ0v) is 55.4. The van der Waals surface area contributed by atoms with Crippen LogP contribution in [-0.4, -0.2) is 61.6 Å². The number of aromatic nitrogens is 2. The molecule has 0 fully saturated rings. The van der Waals surface area contributed by atoms with Crippen molar-refractivity contribution in [3.05, 3.63) is 122 Å². The molecular weight excluding hydrogens is 1170 g/mol. The molecule has 15 heteroatoms. The van der Waals surface area contributed by atoms with Gasteiger partial charge in [0.1, 0.15) is 11.0 Å². The average Bonchev–Trinajstić information content (AvgIpc) is 4.49. The second kappa shape index (κ2) is 33.5. The molecule has 0 aliphatic heterocycles. The van der Waals surface area contributed by atoms with E-state index < -0.39 is 0 Å². The van der Waals surface area contributed by atoms with Gasteiger partial charge >= 0.3 is 0 Å². The topological polar surface area (TPSA) is 62.7 Å². The number of benzene rings is 1. The first kappa shape index (κ1) is 62.4. The Balaban J connectivity index is 0.940. The van der Waals surface area contributed by atoms with Crippen LogP contribution in [0.1, 0.15) is 144 Å². The Morgan fingerprint density at radius 1 is 0.432 bits per heavy atom. The van der Waals surface area contributed by atoms with E-state index in [0.29, 0.717) is 6.61 Å². The van der Waals surface area contributed by atoms with Crippen LogP contribution in [-0.2, 0) is 50.4 Å². The van der Waals surface area contributed by atoms with Crippen molar-refractivity contribution in [1.82, 2.24) is 8.75 Å². The summed E-state index contributed by atoms with van der Waals surface area (Å²) in [6.07, 6.45) is 20.2. The quantitative estimate of drug-likeness (QED) is 0.0357. The van der Waals surface area contributed by atoms with E-state index in [9.17, 15) is 0 Å². The van der Waals surface area contributed by atoms with Crippen molar-refractivity contribution in [3.8, 4) is 59.9 Å². The molecule has 9 rings (SSSR count). The van der Waals surface area contributed by atoms with E-state index in [0.717, 1.165) is 126 Å². The predicted molar refractivity (Wildman–Crippen MR) is 363 cm³/mol. The van der Waals surface area contributed by atoms with E-state index in [4.69, 9.17) is 27.7 Å². The fourth-order valence-corrected chi connectivity index (χ4v) is 19.7. The molecule has 0 saturated carbocycles. The number of ether oxygens (including phenoxy) is 4. The Labute approximate surface area is 519 Å². The SMILES string of the molecule is CC=C(SCc1sc(-c2ccc(-c3cc(CCOCCCCC)c(-c4ccc(-c5ccc(-c6sccc6CCOCCCCC)s5)s4)s3)c3nsnc23)cc1CCOCCCCC)c1ccc(-c2sccc2CCOCCCCC)s1. The number of rotatable bonds is 38. The number of fused-ring (bicyclic) bond motifs is 1. The Hall–Kier alpha value is -3.13. The largest absolute Gasteiger partial charge is 0.381 e. The molecule has 0 amide bonds. The van der Waals surface area contributed by atoms with Gasteiger partial charge in [0.25, 0.3) is 0 Å². The van der Waals surface area contributed by atoms with Gasteiger partial charge in [-0.15, -0.1) is 91.1 Å². The molecule has 8 heterocycles. The number of nitrogens with zero attached hydrogens (tertiary/aromatic N) is 2. The van der Waals surface area contributed by atoms with Crippen molar-refractivity contribution in [2.24, 2.45) is 0 Å². The van der Waals surface area contributed by atoms with Crippen molar-refractivity contribution in [2.75, 3.05) is 52.9 Å². The average molecular weight is 1250 g/mol. The van der Waals surface area contributed by atoms with Crippen LogP contribution in [0.4, 0.5) is 0 Å². The molecule has 81 heavy (non-hydrogen) atoms. The molecule has 8 aromatic heterocycles. The molecule has 0 bridgehead atoms. The minimum absolute atomic E-state index is 0.708. The Bertz CT molecular complexity index is 3300. The Morgan fingerprint density at radius 2 is 0.877 bits per heavy atom. The lowest BCUT2D eigenvalue weighted by Gasteiger charge is -2.07. The van der Waals surface area contributed by atoms with Crippen molar-refractivity contribution in [1.29, 1.82) is 0 Å². The van der Waals surface area contributed by atoms with Gasteiger partial charge in [-0.1, -0.05) is 97.3 Å². The molecule has 0 atom stereocenters. The molecule has 9 aromatic rings. The summed E-state index contributed by atoms with van der Waals surface area (Å²) in [6, 6.07) is 27.9. The Kier molecular flexibility index (Phi) is 25.8. The van der Waals surface area contributed by atoms with Gasteiger partial charge in [0.15, 0.2) is 0 Å². The molecule has 0 N–H and O–H groups in total. The van der Waals surface area contributed by atoms with Crippen LogP contribution in [0.25, 0.3) is 75.8 Å². The highest BCUT2D eigenvalue weighted by atomic mass is 32.2. The molecule has 0 spiro atoms. The highest BCUT2D eigenvalue weighted by Crippen LogP contribution is 2.49. The fourth-order valence-electron chi connectivity index (χ4n) is 9.82. The van der Waals surface area contributed by atoms with Crippen molar-refractivity contribution < 1.29 is 18.9 Å². The van der Waals surface area contributed by atoms with E-state index >= 15 is 0 Å². The van der Waals surface area contributed by atoms with Crippen LogP contribution < -0.4 is 0 Å². The van der Waals surface area contributed by atoms with E-state index in [2.05, 4.69) is 124 Å². The highest BCUT2D eigenvalue weighted by Gasteiger charge is 2.23. The third-order valence-electron chi connectivity index (χ3n) is 14.4. The summed E-state index contributed by atoms with van der Waals surface area (Å²) in [5, 5.41) is 4.47. The van der Waals surface area contributed by atoms with Crippen molar-refractivity contribution in [2.45, 2.75) is 143 Å². The van der Waals surface area contributed by atoms with Gasteiger partial charge in [0.2, 0.25) is 0 Å². The molecule has 432 valence electrons. The number of allylic oxidation sites excluding steroid dienone is 1. The summed E-state index contributed by atoms with van der Waals surface area (Å²) in [4.78, 5) is 17.2. The molecule has 0 aliphatic rings. The molecule has 0 radical (unpaired) electrons. The van der Waals surface area contributed by atoms with E-state index in [-0.39, 0.29) is 0 Å². The monoisotopic (exact) mass is 1250 g/mol. The molecule has 0 saturated heterocycles. The first-order valence-electron chi connectivity index (χ1n) is 29.5. The van der Waals surface area contributed by atoms with Gasteiger partial charge in [-0.25, -0.2) is 0 Å². The number of thiophene rings is 7. The lowest BCUT2D eigenvalue weighted by molar-refractivity contribution is 0.133. The minimum atomic E-state index is 0.708. The van der Waals surface area contributed by atoms with Crippen LogP contribution in [0.15, 0.2) is 89.6 Å². The van der Waals surface area contributed by atoms with E-state index in [1.54, 1.807) is 0 Å². The van der Waals surface area contributed by atoms with Crippen LogP contribution >= 0.6 is 103 Å². The summed E-state index contributed by atoms with van der Waals surface area (Å²) < 4.78 is 34.6. The van der Waals surface area contributed by atoms with E-state index in [1.807, 2.05) is 91.1 Å². The standard InChI is InChI=1S/C66H80N2O4S9/c1-6-11-15-33-69-37-27-46-31-41-73-64(46)56-24-21-53(76-56)52(10-5)75-45-61-48(29-39-71-35-17-13-8-3)43-59(79-61)50-19-20-51(63-62(50)67-81-68-63)60-44-49(30-40-72-36-18-14-9-4)66(80-60)58-26-23-55(78-58)54-22-25-57(77-54)65-47(32-42-74-65)28-38-70-34-16-12-7-2/h10,19-26,31-32,41-44H,6-9,11-18,27-30,33-40,45H2,1-5H3. The molecule has 6 nitrogen and oxygen atoms in total. The number of thioether (sulfide) groups is 1. The fraction of sp³-hybridized carbons (Fsp3) is 0.455. The summed E-state index contributed by atoms with van der Waals surface area (Å²) >= 11 is 16.5. The third-order valence-corrected chi connectivity index (χ3v) is 24.8. The second-order valence-corrected chi connectivity index (χ2v) is 29.2. The maximum Gasteiger partial charge on any atom is 0.114 e. The van der Waals surface area contributed by atoms with Crippen LogP contribution in [0.5, 0.6) is 0 Å². The molecule has 0 unspecified atom stereocenters. The van der Waals surface area contributed by atoms with Gasteiger partial charge in [0, 0.05) is 107 Å². The zero-order valence-electron chi connectivity index (χ0n) is 48.0. The first-order chi connectivity index (χ1) is 40.0. The van der Waals surface area contributed by atoms with Gasteiger partial charge in [0.05, 0.1) is 38.2 Å². The second-order valence-electron chi connectivity index (χ2n) is 20.4. The van der Waals surface area contributed by atoms with Crippen molar-refractivity contribution in [3.63, 3.8) is 0 Å². The molecular formula is C66H80N2O4S9. The van der Waals surface area contributed by atoms with Gasteiger partial charge in [-0.2, -0.15) is 8.75 Å². The normalized spacial score (nSPS) is 12.1. The van der Waals surface area contributed by atoms with E-state index in [1.165, 1.54) is 149 Å². The van der Waals surface area contributed by atoms with Crippen molar-refractivity contribution >= 4 is 119 Å². The maximum atomic E-state index is 6.26. The van der Waals surface area contributed by atoms with Gasteiger partial charge in [-0.3, -0.25) is 0 Å². The van der Waals surface area contributed by atoms with Gasteiger partial charge < -0.3 is 18.9 Å². The van der Waals surface area contributed by atoms with Crippen LogP contribution in [0, 0.1) is 0 Å². The zero-order chi connectivity index (χ0) is 56.0. The Morgan fingerprint density at radius 3 is 1.40 bits per heavy atom. The summed E-state index contributed by atoms with van der Waals surface area (Å²) in [5.41, 5.74) is 9.74. The smallest absolute Gasteiger partial charge is 0.114 e. The van der Waals surface area contributed by atoms with Crippen LogP contribution in [0.2, 0.25) is 0 Å². The lowest BCUT2D eigenvalue weighted by atomic mass is 10.0. The first-order valence-corrected chi connectivity index (χ1v) is 37.1. The molecule has 1 aromatic carbocycles. The number of hydrogen-bond donors (Lipinski definition) is 0. The lowest BCUT2D eigenvalue weighted by Crippen LogP contribution is -2.01. The number of hydrogen-bond acceptors (Lipinski definition) is 15. The minimum Gasteiger partial charge on any atom is -0.381 e. The summed E-state index contributed by atoms with van der Waals surface area (Å²) in [6.45, 7) is 17.5. The molecule has 0 aliphatic carbocycles. The maximum absolute atomic E-state index is 6.26. The summed E-state index contributed by atoms with van der Waals surface area (Å²) in [7, 11) is 0. The third kappa shape index (κ3) is 17.3. The van der Waals surface area contributed by atoms with Crippen LogP contribution in [0.3, 0.4) is 0 Å². The highest BCUT2D eigenvalue weighted by molar-refractivity contribution is 8.07. The number of unbranched alkanes of at least 4 members (excludes halogenated alkanes) is 8. The summed E-state index contributed by atoms with van der Waals surface area (Å²) in [5.74, 6) is 0.894. The predicted octanol–water partition coefficient (Wildman–Crippen LogP) is 22.4. The van der Waals surface area contributed by atoms with Gasteiger partial charge in [-0.05, 0) is 152 Å².